The Bertz CT molecular complexity index is 826. The molecule has 0 amide bonds. The molecule has 25 heavy (non-hydrogen) atoms. The van der Waals surface area contributed by atoms with Crippen molar-refractivity contribution in [3.63, 3.8) is 0 Å². The molecule has 0 aliphatic rings. The van der Waals surface area contributed by atoms with Crippen LogP contribution in [0.2, 0.25) is 5.02 Å². The summed E-state index contributed by atoms with van der Waals surface area (Å²) in [5.41, 5.74) is 3.10. The fourth-order valence-electron chi connectivity index (χ4n) is 2.60. The molecule has 0 fully saturated rings. The van der Waals surface area contributed by atoms with E-state index in [0.29, 0.717) is 11.4 Å². The van der Waals surface area contributed by atoms with Crippen molar-refractivity contribution in [3.05, 3.63) is 101 Å². The van der Waals surface area contributed by atoms with E-state index in [0.717, 1.165) is 16.0 Å². The zero-order chi connectivity index (χ0) is 17.6. The number of benzene rings is 3. The monoisotopic (exact) mass is 366 g/mol. The van der Waals surface area contributed by atoms with E-state index in [9.17, 15) is 4.79 Å². The number of carbonyl (C=O) groups excluding carboxylic acids is 1. The van der Waals surface area contributed by atoms with E-state index < -0.39 is 0 Å². The van der Waals surface area contributed by atoms with Gasteiger partial charge in [-0.1, -0.05) is 71.8 Å². The Morgan fingerprint density at radius 3 is 2.20 bits per heavy atom. The van der Waals surface area contributed by atoms with Gasteiger partial charge in [0.15, 0.2) is 5.78 Å². The minimum atomic E-state index is 0.0488. The Balaban J connectivity index is 1.84. The lowest BCUT2D eigenvalue weighted by Crippen LogP contribution is -2.05. The molecule has 0 aliphatic heterocycles. The Hall–Kier alpha value is -2.03. The molecule has 0 saturated heterocycles. The van der Waals surface area contributed by atoms with E-state index in [2.05, 4.69) is 31.2 Å². The van der Waals surface area contributed by atoms with Gasteiger partial charge >= 0.3 is 0 Å². The van der Waals surface area contributed by atoms with Gasteiger partial charge in [0, 0.05) is 27.2 Å². The molecular formula is C22H19ClOS. The lowest BCUT2D eigenvalue weighted by Gasteiger charge is -2.17. The van der Waals surface area contributed by atoms with Gasteiger partial charge in [-0.3, -0.25) is 4.79 Å². The molecule has 126 valence electrons. The Morgan fingerprint density at radius 1 is 0.920 bits per heavy atom. The van der Waals surface area contributed by atoms with Crippen LogP contribution in [0, 0.1) is 6.92 Å². The number of thioether (sulfide) groups is 1. The summed E-state index contributed by atoms with van der Waals surface area (Å²) in [7, 11) is 0. The van der Waals surface area contributed by atoms with E-state index in [-0.39, 0.29) is 11.0 Å². The number of ketones is 1. The second-order valence-electron chi connectivity index (χ2n) is 5.96. The smallest absolute Gasteiger partial charge is 0.164 e. The van der Waals surface area contributed by atoms with Crippen molar-refractivity contribution in [1.29, 1.82) is 0 Å². The predicted molar refractivity (Wildman–Crippen MR) is 107 cm³/mol. The zero-order valence-electron chi connectivity index (χ0n) is 14.0. The summed E-state index contributed by atoms with van der Waals surface area (Å²) in [6, 6.07) is 25.7. The van der Waals surface area contributed by atoms with Gasteiger partial charge in [0.25, 0.3) is 0 Å². The predicted octanol–water partition coefficient (Wildman–Crippen LogP) is 6.75. The first kappa shape index (κ1) is 17.8. The highest BCUT2D eigenvalue weighted by molar-refractivity contribution is 7.99. The maximum absolute atomic E-state index is 12.7. The molecule has 3 heteroatoms. The van der Waals surface area contributed by atoms with Gasteiger partial charge in [-0.05, 0) is 36.8 Å². The summed E-state index contributed by atoms with van der Waals surface area (Å²) >= 11 is 7.74. The summed E-state index contributed by atoms with van der Waals surface area (Å²) in [4.78, 5) is 13.9. The van der Waals surface area contributed by atoms with E-state index >= 15 is 0 Å². The van der Waals surface area contributed by atoms with Gasteiger partial charge < -0.3 is 0 Å². The van der Waals surface area contributed by atoms with Crippen LogP contribution in [-0.2, 0) is 0 Å². The lowest BCUT2D eigenvalue weighted by molar-refractivity contribution is 0.0982. The third-order valence-corrected chi connectivity index (χ3v) is 5.53. The fraction of sp³-hybridized carbons (Fsp3) is 0.136. The van der Waals surface area contributed by atoms with Crippen molar-refractivity contribution in [2.45, 2.75) is 23.5 Å². The lowest BCUT2D eigenvalue weighted by atomic mass is 10.0. The van der Waals surface area contributed by atoms with Crippen LogP contribution in [0.3, 0.4) is 0 Å². The number of Topliss-reactive ketones (excluding diaryl/α,β-unsaturated/α-hetero) is 1. The third-order valence-electron chi connectivity index (χ3n) is 4.01. The third kappa shape index (κ3) is 4.97. The molecule has 0 aromatic heterocycles. The number of rotatable bonds is 6. The molecule has 0 heterocycles. The number of carbonyl (C=O) groups is 1. The van der Waals surface area contributed by atoms with Crippen LogP contribution < -0.4 is 0 Å². The van der Waals surface area contributed by atoms with Crippen molar-refractivity contribution in [2.24, 2.45) is 0 Å². The molecule has 0 saturated carbocycles. The molecule has 0 N–H and O–H groups in total. The summed E-state index contributed by atoms with van der Waals surface area (Å²) in [5, 5.41) is 0.755. The molecule has 0 spiro atoms. The van der Waals surface area contributed by atoms with Crippen LogP contribution >= 0.6 is 23.4 Å². The van der Waals surface area contributed by atoms with Crippen molar-refractivity contribution in [2.75, 3.05) is 0 Å². The van der Waals surface area contributed by atoms with Gasteiger partial charge in [0.05, 0.1) is 0 Å². The van der Waals surface area contributed by atoms with Crippen LogP contribution in [0.4, 0.5) is 0 Å². The minimum absolute atomic E-state index is 0.0488. The van der Waals surface area contributed by atoms with Crippen LogP contribution in [0.15, 0.2) is 83.8 Å². The van der Waals surface area contributed by atoms with Crippen LogP contribution in [0.1, 0.15) is 33.2 Å². The maximum atomic E-state index is 12.7. The Morgan fingerprint density at radius 2 is 1.56 bits per heavy atom. The van der Waals surface area contributed by atoms with E-state index in [4.69, 9.17) is 11.6 Å². The van der Waals surface area contributed by atoms with E-state index in [1.807, 2.05) is 54.6 Å². The topological polar surface area (TPSA) is 17.1 Å². The molecule has 3 aromatic carbocycles. The quantitative estimate of drug-likeness (QED) is 0.354. The van der Waals surface area contributed by atoms with E-state index in [1.165, 1.54) is 5.56 Å². The molecule has 1 atom stereocenters. The summed E-state index contributed by atoms with van der Waals surface area (Å²) in [6.07, 6.45) is 0.449. The minimum Gasteiger partial charge on any atom is -0.294 e. The highest BCUT2D eigenvalue weighted by atomic mass is 35.5. The van der Waals surface area contributed by atoms with Gasteiger partial charge in [-0.25, -0.2) is 0 Å². The van der Waals surface area contributed by atoms with Crippen molar-refractivity contribution >= 4 is 29.1 Å². The van der Waals surface area contributed by atoms with Crippen LogP contribution in [0.25, 0.3) is 0 Å². The second kappa shape index (κ2) is 8.37. The average molecular weight is 367 g/mol. The van der Waals surface area contributed by atoms with Crippen LogP contribution in [-0.4, -0.2) is 5.78 Å². The standard InChI is InChI=1S/C22H19ClOS/c1-16-7-13-20(14-8-16)25-22(18-9-11-19(23)12-10-18)15-21(24)17-5-3-2-4-6-17/h2-14,22H,15H2,1H3. The number of hydrogen-bond donors (Lipinski definition) is 0. The molecular weight excluding hydrogens is 348 g/mol. The first-order chi connectivity index (χ1) is 12.1. The molecule has 0 aliphatic carbocycles. The van der Waals surface area contributed by atoms with Crippen LogP contribution in [0.5, 0.6) is 0 Å². The first-order valence-electron chi connectivity index (χ1n) is 8.19. The van der Waals surface area contributed by atoms with Crippen molar-refractivity contribution in [3.8, 4) is 0 Å². The normalized spacial score (nSPS) is 11.9. The average Bonchev–Trinajstić information content (AvgIpc) is 2.64. The van der Waals surface area contributed by atoms with Gasteiger partial charge in [-0.2, -0.15) is 0 Å². The SMILES string of the molecule is Cc1ccc(SC(CC(=O)c2ccccc2)c2ccc(Cl)cc2)cc1. The maximum Gasteiger partial charge on any atom is 0.164 e. The van der Waals surface area contributed by atoms with Gasteiger partial charge in [0.1, 0.15) is 0 Å². The summed E-state index contributed by atoms with van der Waals surface area (Å²) in [5.74, 6) is 0.153. The second-order valence-corrected chi connectivity index (χ2v) is 7.68. The molecule has 0 radical (unpaired) electrons. The number of aryl methyl sites for hydroxylation is 1. The van der Waals surface area contributed by atoms with Crippen molar-refractivity contribution in [1.82, 2.24) is 0 Å². The molecule has 1 unspecified atom stereocenters. The van der Waals surface area contributed by atoms with Gasteiger partial charge in [-0.15, -0.1) is 11.8 Å². The highest BCUT2D eigenvalue weighted by Crippen LogP contribution is 2.39. The first-order valence-corrected chi connectivity index (χ1v) is 9.44. The largest absolute Gasteiger partial charge is 0.294 e. The van der Waals surface area contributed by atoms with E-state index in [1.54, 1.807) is 11.8 Å². The summed E-state index contributed by atoms with van der Waals surface area (Å²) < 4.78 is 0. The van der Waals surface area contributed by atoms with Crippen molar-refractivity contribution < 1.29 is 4.79 Å². The molecule has 0 bridgehead atoms. The zero-order valence-corrected chi connectivity index (χ0v) is 15.6. The summed E-state index contributed by atoms with van der Waals surface area (Å²) in [6.45, 7) is 2.07. The number of halogens is 1. The fourth-order valence-corrected chi connectivity index (χ4v) is 3.87. The Kier molecular flexibility index (Phi) is 5.95. The molecule has 3 rings (SSSR count). The molecule has 3 aromatic rings. The number of hydrogen-bond acceptors (Lipinski definition) is 2. The Labute approximate surface area is 158 Å². The molecule has 1 nitrogen and oxygen atoms in total. The highest BCUT2D eigenvalue weighted by Gasteiger charge is 2.18. The van der Waals surface area contributed by atoms with Gasteiger partial charge in [0.2, 0.25) is 0 Å².